The monoisotopic (exact) mass is 421 g/mol. The summed E-state index contributed by atoms with van der Waals surface area (Å²) in [5, 5.41) is 13.1. The number of benzene rings is 2. The molecular weight excluding hydrogens is 407 g/mol. The first kappa shape index (κ1) is 20.4. The molecule has 0 unspecified atom stereocenters. The quantitative estimate of drug-likeness (QED) is 0.562. The van der Waals surface area contributed by atoms with Gasteiger partial charge in [0.25, 0.3) is 5.91 Å². The van der Waals surface area contributed by atoms with E-state index in [1.54, 1.807) is 18.2 Å². The van der Waals surface area contributed by atoms with E-state index in [4.69, 9.17) is 0 Å². The van der Waals surface area contributed by atoms with Gasteiger partial charge in [-0.05, 0) is 12.5 Å². The molecule has 1 heterocycles. The number of amides is 1. The highest BCUT2D eigenvalue weighted by molar-refractivity contribution is 7.14. The van der Waals surface area contributed by atoms with Crippen molar-refractivity contribution in [3.8, 4) is 16.2 Å². The standard InChI is InChI=1S/C20H14F3NO4S/c1-9-4-3-5-10(6-9)18-15(20(26)27)12(8-29-18)24-19(25)14-11(21)7-13(28-2)16(22)17(14)23/h3-8H,1-2H3,(H,24,25)(H,26,27). The Bertz CT molecular complexity index is 1130. The highest BCUT2D eigenvalue weighted by atomic mass is 32.1. The molecule has 0 aliphatic heterocycles. The zero-order valence-corrected chi connectivity index (χ0v) is 16.0. The van der Waals surface area contributed by atoms with Gasteiger partial charge in [-0.3, -0.25) is 4.79 Å². The van der Waals surface area contributed by atoms with E-state index in [-0.39, 0.29) is 11.3 Å². The van der Waals surface area contributed by atoms with Crippen LogP contribution in [0.15, 0.2) is 35.7 Å². The van der Waals surface area contributed by atoms with E-state index in [1.165, 1.54) is 5.38 Å². The minimum absolute atomic E-state index is 0.154. The smallest absolute Gasteiger partial charge is 0.339 e. The summed E-state index contributed by atoms with van der Waals surface area (Å²) in [7, 11) is 1.02. The number of hydrogen-bond acceptors (Lipinski definition) is 4. The van der Waals surface area contributed by atoms with Crippen molar-refractivity contribution in [1.82, 2.24) is 0 Å². The Hall–Kier alpha value is -3.33. The van der Waals surface area contributed by atoms with Gasteiger partial charge in [-0.25, -0.2) is 13.6 Å². The number of aromatic carboxylic acids is 1. The number of rotatable bonds is 5. The van der Waals surface area contributed by atoms with E-state index in [0.717, 1.165) is 24.0 Å². The largest absolute Gasteiger partial charge is 0.493 e. The summed E-state index contributed by atoms with van der Waals surface area (Å²) in [6.07, 6.45) is 0. The zero-order chi connectivity index (χ0) is 21.3. The molecular formula is C20H14F3NO4S. The van der Waals surface area contributed by atoms with Crippen LogP contribution < -0.4 is 10.1 Å². The normalized spacial score (nSPS) is 10.7. The molecule has 0 aliphatic rings. The molecule has 2 N–H and O–H groups in total. The van der Waals surface area contributed by atoms with E-state index < -0.39 is 40.6 Å². The molecule has 1 amide bonds. The molecule has 150 valence electrons. The molecule has 5 nitrogen and oxygen atoms in total. The van der Waals surface area contributed by atoms with Crippen LogP contribution in [0.4, 0.5) is 18.9 Å². The average Bonchev–Trinajstić information content (AvgIpc) is 3.08. The van der Waals surface area contributed by atoms with Crippen LogP contribution in [0.2, 0.25) is 0 Å². The molecule has 0 atom stereocenters. The van der Waals surface area contributed by atoms with Gasteiger partial charge in [0.15, 0.2) is 11.6 Å². The minimum Gasteiger partial charge on any atom is -0.493 e. The van der Waals surface area contributed by atoms with Gasteiger partial charge in [-0.1, -0.05) is 29.8 Å². The molecule has 3 aromatic rings. The summed E-state index contributed by atoms with van der Waals surface area (Å²) >= 11 is 1.04. The summed E-state index contributed by atoms with van der Waals surface area (Å²) in [4.78, 5) is 24.5. The van der Waals surface area contributed by atoms with Crippen molar-refractivity contribution in [3.63, 3.8) is 0 Å². The molecule has 0 saturated carbocycles. The lowest BCUT2D eigenvalue weighted by atomic mass is 10.1. The van der Waals surface area contributed by atoms with Gasteiger partial charge in [0.2, 0.25) is 5.82 Å². The molecule has 0 radical (unpaired) electrons. The fourth-order valence-electron chi connectivity index (χ4n) is 2.78. The van der Waals surface area contributed by atoms with Gasteiger partial charge in [0.1, 0.15) is 16.9 Å². The van der Waals surface area contributed by atoms with E-state index in [1.807, 2.05) is 13.0 Å². The number of thiophene rings is 1. The highest BCUT2D eigenvalue weighted by Crippen LogP contribution is 2.37. The van der Waals surface area contributed by atoms with Crippen LogP contribution in [0.3, 0.4) is 0 Å². The molecule has 0 fully saturated rings. The molecule has 2 aromatic carbocycles. The molecule has 9 heteroatoms. The van der Waals surface area contributed by atoms with Crippen LogP contribution in [0, 0.1) is 24.4 Å². The van der Waals surface area contributed by atoms with Gasteiger partial charge < -0.3 is 15.2 Å². The van der Waals surface area contributed by atoms with Gasteiger partial charge >= 0.3 is 5.97 Å². The summed E-state index contributed by atoms with van der Waals surface area (Å²) in [6, 6.07) is 7.59. The predicted octanol–water partition coefficient (Wildman–Crippen LogP) is 5.10. The number of nitrogens with one attached hydrogen (secondary N) is 1. The van der Waals surface area contributed by atoms with Crippen LogP contribution in [0.1, 0.15) is 26.3 Å². The molecule has 0 spiro atoms. The number of carbonyl (C=O) groups is 2. The molecule has 3 rings (SSSR count). The van der Waals surface area contributed by atoms with Gasteiger partial charge in [-0.2, -0.15) is 4.39 Å². The third-order valence-electron chi connectivity index (χ3n) is 4.11. The lowest BCUT2D eigenvalue weighted by Gasteiger charge is -2.10. The van der Waals surface area contributed by atoms with Crippen LogP contribution >= 0.6 is 11.3 Å². The van der Waals surface area contributed by atoms with E-state index >= 15 is 0 Å². The second-order valence-corrected chi connectivity index (χ2v) is 6.93. The maximum atomic E-state index is 14.2. The van der Waals surface area contributed by atoms with E-state index in [0.29, 0.717) is 16.5 Å². The average molecular weight is 421 g/mol. The topological polar surface area (TPSA) is 75.6 Å². The molecule has 0 aliphatic carbocycles. The fourth-order valence-corrected chi connectivity index (χ4v) is 3.77. The molecule has 1 aromatic heterocycles. The number of hydrogen-bond donors (Lipinski definition) is 2. The second kappa shape index (κ2) is 7.96. The number of halogens is 3. The first-order valence-corrected chi connectivity index (χ1v) is 9.07. The van der Waals surface area contributed by atoms with E-state index in [9.17, 15) is 27.9 Å². The summed E-state index contributed by atoms with van der Waals surface area (Å²) < 4.78 is 46.7. The van der Waals surface area contributed by atoms with Crippen molar-refractivity contribution in [2.75, 3.05) is 12.4 Å². The maximum absolute atomic E-state index is 14.2. The number of ether oxygens (including phenoxy) is 1. The maximum Gasteiger partial charge on any atom is 0.339 e. The summed E-state index contributed by atoms with van der Waals surface area (Å²) in [5.74, 6) is -7.95. The van der Waals surface area contributed by atoms with Gasteiger partial charge in [0.05, 0.1) is 17.7 Å². The Labute approximate surface area is 167 Å². The van der Waals surface area contributed by atoms with Crippen molar-refractivity contribution >= 4 is 28.9 Å². The number of carboxylic acids is 1. The minimum atomic E-state index is -1.73. The van der Waals surface area contributed by atoms with Gasteiger partial charge in [-0.15, -0.1) is 11.3 Å². The first-order valence-electron chi connectivity index (χ1n) is 8.19. The number of carbonyl (C=O) groups excluding carboxylic acids is 1. The first-order chi connectivity index (χ1) is 13.7. The van der Waals surface area contributed by atoms with Crippen LogP contribution in [0.5, 0.6) is 5.75 Å². The van der Waals surface area contributed by atoms with Crippen molar-refractivity contribution in [2.45, 2.75) is 6.92 Å². The highest BCUT2D eigenvalue weighted by Gasteiger charge is 2.27. The fraction of sp³-hybridized carbons (Fsp3) is 0.100. The third-order valence-corrected chi connectivity index (χ3v) is 5.13. The third kappa shape index (κ3) is 3.81. The van der Waals surface area contributed by atoms with Crippen molar-refractivity contribution in [2.24, 2.45) is 0 Å². The number of carboxylic acid groups (broad SMARTS) is 1. The Morgan fingerprint density at radius 2 is 1.83 bits per heavy atom. The van der Waals surface area contributed by atoms with Crippen molar-refractivity contribution in [1.29, 1.82) is 0 Å². The van der Waals surface area contributed by atoms with Crippen molar-refractivity contribution in [3.05, 3.63) is 69.9 Å². The van der Waals surface area contributed by atoms with E-state index in [2.05, 4.69) is 10.1 Å². The zero-order valence-electron chi connectivity index (χ0n) is 15.2. The van der Waals surface area contributed by atoms with Crippen LogP contribution in [-0.2, 0) is 0 Å². The Morgan fingerprint density at radius 3 is 2.45 bits per heavy atom. The Balaban J connectivity index is 2.03. The SMILES string of the molecule is COc1cc(F)c(C(=O)Nc2csc(-c3cccc(C)c3)c2C(=O)O)c(F)c1F. The second-order valence-electron chi connectivity index (χ2n) is 6.05. The summed E-state index contributed by atoms with van der Waals surface area (Å²) in [6.45, 7) is 1.84. The number of anilines is 1. The number of methoxy groups -OCH3 is 1. The predicted molar refractivity (Wildman–Crippen MR) is 102 cm³/mol. The Morgan fingerprint density at radius 1 is 1.10 bits per heavy atom. The molecule has 29 heavy (non-hydrogen) atoms. The lowest BCUT2D eigenvalue weighted by Crippen LogP contribution is -2.18. The Kier molecular flexibility index (Phi) is 5.60. The molecule has 0 saturated heterocycles. The van der Waals surface area contributed by atoms with Crippen LogP contribution in [-0.4, -0.2) is 24.1 Å². The van der Waals surface area contributed by atoms with Crippen LogP contribution in [0.25, 0.3) is 10.4 Å². The number of aryl methyl sites for hydroxylation is 1. The van der Waals surface area contributed by atoms with Crippen molar-refractivity contribution < 1.29 is 32.6 Å². The molecule has 0 bridgehead atoms. The van der Waals surface area contributed by atoms with Gasteiger partial charge in [0, 0.05) is 11.4 Å². The lowest BCUT2D eigenvalue weighted by molar-refractivity contribution is 0.0699. The summed E-state index contributed by atoms with van der Waals surface area (Å²) in [5.41, 5.74) is -0.0536.